The second-order valence-corrected chi connectivity index (χ2v) is 8.93. The van der Waals surface area contributed by atoms with E-state index in [-0.39, 0.29) is 5.25 Å². The molecule has 0 heterocycles. The molecule has 1 aromatic rings. The van der Waals surface area contributed by atoms with Gasteiger partial charge in [-0.15, -0.1) is 0 Å². The lowest BCUT2D eigenvalue weighted by Crippen LogP contribution is -2.26. The zero-order chi connectivity index (χ0) is 15.1. The van der Waals surface area contributed by atoms with Crippen LogP contribution >= 0.6 is 15.9 Å². The molecule has 0 bridgehead atoms. The Morgan fingerprint density at radius 2 is 2.00 bits per heavy atom. The van der Waals surface area contributed by atoms with Gasteiger partial charge in [0.2, 0.25) is 0 Å². The van der Waals surface area contributed by atoms with Gasteiger partial charge in [0.15, 0.2) is 9.84 Å². The van der Waals surface area contributed by atoms with Gasteiger partial charge in [0.25, 0.3) is 0 Å². The maximum Gasteiger partial charge on any atom is 0.309 e. The van der Waals surface area contributed by atoms with Crippen LogP contribution in [0.15, 0.2) is 27.6 Å². The molecule has 1 fully saturated rings. The molecule has 0 radical (unpaired) electrons. The maximum absolute atomic E-state index is 12.2. The first-order valence-electron chi connectivity index (χ1n) is 6.40. The molecule has 0 spiro atoms. The SMILES string of the molecule is CC(C)(Cc1ccc(S(=O)(=O)C2CC2)c(Br)c1)C(=O)O. The summed E-state index contributed by atoms with van der Waals surface area (Å²) in [6.45, 7) is 3.30. The fourth-order valence-corrected chi connectivity index (χ4v) is 4.84. The van der Waals surface area contributed by atoms with Crippen LogP contribution in [0, 0.1) is 5.41 Å². The molecule has 1 N–H and O–H groups in total. The number of rotatable bonds is 5. The monoisotopic (exact) mass is 360 g/mol. The average molecular weight is 361 g/mol. The first kappa shape index (κ1) is 15.5. The van der Waals surface area contributed by atoms with Crippen LogP contribution in [0.2, 0.25) is 0 Å². The highest BCUT2D eigenvalue weighted by Gasteiger charge is 2.38. The Labute approximate surface area is 127 Å². The van der Waals surface area contributed by atoms with Crippen molar-refractivity contribution in [1.82, 2.24) is 0 Å². The molecule has 0 aromatic heterocycles. The molecule has 6 heteroatoms. The molecule has 0 atom stereocenters. The molecule has 4 nitrogen and oxygen atoms in total. The highest BCUT2D eigenvalue weighted by molar-refractivity contribution is 9.10. The topological polar surface area (TPSA) is 71.4 Å². The van der Waals surface area contributed by atoms with E-state index in [1.54, 1.807) is 32.0 Å². The van der Waals surface area contributed by atoms with Crippen LogP contribution in [0.4, 0.5) is 0 Å². The van der Waals surface area contributed by atoms with Crippen LogP contribution in [0.1, 0.15) is 32.3 Å². The summed E-state index contributed by atoms with van der Waals surface area (Å²) in [5.74, 6) is -0.872. The van der Waals surface area contributed by atoms with Gasteiger partial charge in [-0.05, 0) is 66.7 Å². The fraction of sp³-hybridized carbons (Fsp3) is 0.500. The second kappa shape index (κ2) is 5.15. The second-order valence-electron chi connectivity index (χ2n) is 5.87. The Hall–Kier alpha value is -0.880. The van der Waals surface area contributed by atoms with Crippen molar-refractivity contribution >= 4 is 31.7 Å². The van der Waals surface area contributed by atoms with Crippen LogP contribution in [0.3, 0.4) is 0 Å². The van der Waals surface area contributed by atoms with Crippen molar-refractivity contribution in [3.63, 3.8) is 0 Å². The van der Waals surface area contributed by atoms with E-state index in [2.05, 4.69) is 15.9 Å². The normalized spacial score (nSPS) is 16.1. The van der Waals surface area contributed by atoms with Gasteiger partial charge in [-0.3, -0.25) is 4.79 Å². The average Bonchev–Trinajstić information content (AvgIpc) is 3.11. The van der Waals surface area contributed by atoms with Crippen molar-refractivity contribution in [2.75, 3.05) is 0 Å². The quantitative estimate of drug-likeness (QED) is 0.875. The number of hydrogen-bond acceptors (Lipinski definition) is 3. The summed E-state index contributed by atoms with van der Waals surface area (Å²) < 4.78 is 24.9. The van der Waals surface area contributed by atoms with Gasteiger partial charge in [0.05, 0.1) is 15.6 Å². The molecule has 110 valence electrons. The Morgan fingerprint density at radius 3 is 2.45 bits per heavy atom. The molecular formula is C14H17BrO4S. The minimum atomic E-state index is -3.24. The van der Waals surface area contributed by atoms with Gasteiger partial charge < -0.3 is 5.11 Å². The number of hydrogen-bond donors (Lipinski definition) is 1. The highest BCUT2D eigenvalue weighted by atomic mass is 79.9. The summed E-state index contributed by atoms with van der Waals surface area (Å²) in [5, 5.41) is 8.88. The number of aliphatic carboxylic acids is 1. The molecule has 1 aliphatic carbocycles. The summed E-state index contributed by atoms with van der Waals surface area (Å²) in [5.41, 5.74) is -0.0740. The molecular weight excluding hydrogens is 344 g/mol. The first-order chi connectivity index (χ1) is 9.14. The summed E-state index contributed by atoms with van der Waals surface area (Å²) in [4.78, 5) is 11.4. The number of benzene rings is 1. The van der Waals surface area contributed by atoms with Crippen molar-refractivity contribution in [1.29, 1.82) is 0 Å². The van der Waals surface area contributed by atoms with E-state index >= 15 is 0 Å². The van der Waals surface area contributed by atoms with E-state index in [1.807, 2.05) is 0 Å². The van der Waals surface area contributed by atoms with Gasteiger partial charge in [0, 0.05) is 4.47 Å². The van der Waals surface area contributed by atoms with E-state index in [1.165, 1.54) is 0 Å². The lowest BCUT2D eigenvalue weighted by molar-refractivity contribution is -0.146. The predicted molar refractivity (Wildman–Crippen MR) is 79.5 cm³/mol. The van der Waals surface area contributed by atoms with Gasteiger partial charge in [-0.25, -0.2) is 8.42 Å². The third kappa shape index (κ3) is 3.06. The Balaban J connectivity index is 2.29. The van der Waals surface area contributed by atoms with Crippen molar-refractivity contribution in [2.45, 2.75) is 43.3 Å². The van der Waals surface area contributed by atoms with E-state index in [0.717, 1.165) is 18.4 Å². The summed E-state index contributed by atoms with van der Waals surface area (Å²) in [6, 6.07) is 4.98. The Bertz CT molecular complexity index is 645. The van der Waals surface area contributed by atoms with Crippen LogP contribution in [0.25, 0.3) is 0 Å². The molecule has 0 saturated heterocycles. The third-order valence-electron chi connectivity index (χ3n) is 3.49. The van der Waals surface area contributed by atoms with Crippen LogP contribution in [-0.4, -0.2) is 24.7 Å². The van der Waals surface area contributed by atoms with E-state index in [4.69, 9.17) is 5.11 Å². The molecule has 0 aliphatic heterocycles. The molecule has 1 aliphatic rings. The van der Waals surface area contributed by atoms with Crippen LogP contribution in [0.5, 0.6) is 0 Å². The molecule has 1 saturated carbocycles. The highest BCUT2D eigenvalue weighted by Crippen LogP contribution is 2.37. The minimum Gasteiger partial charge on any atom is -0.481 e. The van der Waals surface area contributed by atoms with E-state index in [9.17, 15) is 13.2 Å². The Morgan fingerprint density at radius 1 is 1.40 bits per heavy atom. The number of sulfone groups is 1. The van der Waals surface area contributed by atoms with Crippen molar-refractivity contribution < 1.29 is 18.3 Å². The predicted octanol–water partition coefficient (Wildman–Crippen LogP) is 3.04. The Kier molecular flexibility index (Phi) is 3.99. The molecule has 1 aromatic carbocycles. The number of halogens is 1. The van der Waals surface area contributed by atoms with Gasteiger partial charge in [0.1, 0.15) is 0 Å². The summed E-state index contributed by atoms with van der Waals surface area (Å²) in [6.07, 6.45) is 1.80. The van der Waals surface area contributed by atoms with Crippen LogP contribution < -0.4 is 0 Å². The standard InChI is InChI=1S/C14H17BrO4S/c1-14(2,13(16)17)8-9-3-6-12(11(15)7-9)20(18,19)10-4-5-10/h3,6-7,10H,4-5,8H2,1-2H3,(H,16,17). The minimum absolute atomic E-state index is 0.250. The first-order valence-corrected chi connectivity index (χ1v) is 8.74. The number of carboxylic acid groups (broad SMARTS) is 1. The zero-order valence-corrected chi connectivity index (χ0v) is 13.8. The lowest BCUT2D eigenvalue weighted by atomic mass is 9.86. The largest absolute Gasteiger partial charge is 0.481 e. The molecule has 0 unspecified atom stereocenters. The van der Waals surface area contributed by atoms with Crippen molar-refractivity contribution in [3.05, 3.63) is 28.2 Å². The van der Waals surface area contributed by atoms with Crippen LogP contribution in [-0.2, 0) is 21.1 Å². The molecule has 20 heavy (non-hydrogen) atoms. The van der Waals surface area contributed by atoms with Crippen molar-refractivity contribution in [3.8, 4) is 0 Å². The smallest absolute Gasteiger partial charge is 0.309 e. The van der Waals surface area contributed by atoms with Gasteiger partial charge >= 0.3 is 5.97 Å². The van der Waals surface area contributed by atoms with Crippen molar-refractivity contribution in [2.24, 2.45) is 5.41 Å². The molecule has 0 amide bonds. The zero-order valence-electron chi connectivity index (χ0n) is 11.4. The van der Waals surface area contributed by atoms with E-state index in [0.29, 0.717) is 15.8 Å². The third-order valence-corrected chi connectivity index (χ3v) is 6.73. The summed E-state index contributed by atoms with van der Waals surface area (Å²) >= 11 is 3.30. The molecule has 2 rings (SSSR count). The van der Waals surface area contributed by atoms with Gasteiger partial charge in [-0.1, -0.05) is 6.07 Å². The fourth-order valence-electron chi connectivity index (χ4n) is 2.03. The lowest BCUT2D eigenvalue weighted by Gasteiger charge is -2.19. The maximum atomic E-state index is 12.2. The van der Waals surface area contributed by atoms with E-state index < -0.39 is 21.2 Å². The number of carboxylic acids is 1. The number of carbonyl (C=O) groups is 1. The summed E-state index contributed by atoms with van der Waals surface area (Å²) in [7, 11) is -3.24. The van der Waals surface area contributed by atoms with Gasteiger partial charge in [-0.2, -0.15) is 0 Å².